The molecule has 9 heteroatoms. The molecule has 0 radical (unpaired) electrons. The van der Waals surface area contributed by atoms with E-state index in [9.17, 15) is 13.2 Å². The van der Waals surface area contributed by atoms with Crippen LogP contribution in [0.1, 0.15) is 19.7 Å². The Morgan fingerprint density at radius 3 is 2.52 bits per heavy atom. The molecular formula is C12H20N4O4S. The highest BCUT2D eigenvalue weighted by molar-refractivity contribution is 7.89. The van der Waals surface area contributed by atoms with Gasteiger partial charge in [-0.3, -0.25) is 9.69 Å². The molecule has 0 aromatic carbocycles. The van der Waals surface area contributed by atoms with Crippen LogP contribution in [-0.2, 0) is 21.2 Å². The van der Waals surface area contributed by atoms with Crippen molar-refractivity contribution in [3.05, 3.63) is 12.0 Å². The number of carboxylic acids is 1. The average molecular weight is 316 g/mol. The van der Waals surface area contributed by atoms with Crippen LogP contribution in [0.15, 0.2) is 11.2 Å². The molecule has 1 atom stereocenters. The molecule has 8 nitrogen and oxygen atoms in total. The normalized spacial score (nSPS) is 19.5. The Balaban J connectivity index is 2.05. The smallest absolute Gasteiger partial charge is 0.320 e. The van der Waals surface area contributed by atoms with Crippen molar-refractivity contribution in [1.29, 1.82) is 0 Å². The highest BCUT2D eigenvalue weighted by atomic mass is 32.2. The third kappa shape index (κ3) is 3.25. The van der Waals surface area contributed by atoms with Gasteiger partial charge in [-0.1, -0.05) is 6.92 Å². The number of carboxylic acid groups (broad SMARTS) is 1. The molecule has 21 heavy (non-hydrogen) atoms. The zero-order valence-corrected chi connectivity index (χ0v) is 12.9. The van der Waals surface area contributed by atoms with E-state index in [4.69, 9.17) is 5.11 Å². The lowest BCUT2D eigenvalue weighted by molar-refractivity contribution is -0.143. The van der Waals surface area contributed by atoms with Crippen LogP contribution in [0.3, 0.4) is 0 Å². The number of aryl methyl sites for hydroxylation is 1. The minimum atomic E-state index is -3.58. The van der Waals surface area contributed by atoms with E-state index in [1.807, 2.05) is 6.92 Å². The van der Waals surface area contributed by atoms with Gasteiger partial charge in [0.1, 0.15) is 11.9 Å². The molecule has 2 N–H and O–H groups in total. The molecule has 0 saturated carbocycles. The second-order valence-corrected chi connectivity index (χ2v) is 6.91. The molecule has 1 aromatic heterocycles. The molecule has 1 aliphatic heterocycles. The SMILES string of the molecule is CCc1ncc(S(=O)(=O)N2CCN(C(C)C(=O)O)CC2)[nH]1. The Labute approximate surface area is 123 Å². The van der Waals surface area contributed by atoms with Crippen LogP contribution in [0.5, 0.6) is 0 Å². The van der Waals surface area contributed by atoms with E-state index in [1.165, 1.54) is 10.5 Å². The number of nitrogens with zero attached hydrogens (tertiary/aromatic N) is 3. The van der Waals surface area contributed by atoms with Gasteiger partial charge in [-0.15, -0.1) is 0 Å². The third-order valence-corrected chi connectivity index (χ3v) is 5.54. The highest BCUT2D eigenvalue weighted by Gasteiger charge is 2.32. The Morgan fingerprint density at radius 1 is 1.43 bits per heavy atom. The number of sulfonamides is 1. The predicted molar refractivity (Wildman–Crippen MR) is 75.4 cm³/mol. The summed E-state index contributed by atoms with van der Waals surface area (Å²) in [6.07, 6.45) is 1.97. The topological polar surface area (TPSA) is 107 Å². The Bertz CT molecular complexity index is 605. The van der Waals surface area contributed by atoms with Gasteiger partial charge < -0.3 is 10.1 Å². The Morgan fingerprint density at radius 2 is 2.05 bits per heavy atom. The highest BCUT2D eigenvalue weighted by Crippen LogP contribution is 2.17. The lowest BCUT2D eigenvalue weighted by atomic mass is 10.2. The summed E-state index contributed by atoms with van der Waals surface area (Å²) in [5.41, 5.74) is 0. The van der Waals surface area contributed by atoms with Crippen LogP contribution in [-0.4, -0.2) is 70.9 Å². The average Bonchev–Trinajstić information content (AvgIpc) is 2.96. The van der Waals surface area contributed by atoms with Crippen molar-refractivity contribution in [2.45, 2.75) is 31.3 Å². The first-order valence-corrected chi connectivity index (χ1v) is 8.31. The molecule has 0 amide bonds. The van der Waals surface area contributed by atoms with Gasteiger partial charge in [0.05, 0.1) is 6.20 Å². The fourth-order valence-corrected chi connectivity index (χ4v) is 3.64. The Hall–Kier alpha value is -1.45. The molecular weight excluding hydrogens is 296 g/mol. The standard InChI is InChI=1S/C12H20N4O4S/c1-3-10-13-8-11(14-10)21(19,20)16-6-4-15(5-7-16)9(2)12(17)18/h8-9H,3-7H2,1-2H3,(H,13,14)(H,17,18). The second kappa shape index (κ2) is 6.12. The molecule has 0 aliphatic carbocycles. The zero-order chi connectivity index (χ0) is 15.6. The van der Waals surface area contributed by atoms with Gasteiger partial charge >= 0.3 is 5.97 Å². The molecule has 0 bridgehead atoms. The van der Waals surface area contributed by atoms with Gasteiger partial charge in [-0.25, -0.2) is 13.4 Å². The van der Waals surface area contributed by atoms with Crippen LogP contribution in [0.4, 0.5) is 0 Å². The van der Waals surface area contributed by atoms with Crippen LogP contribution >= 0.6 is 0 Å². The van der Waals surface area contributed by atoms with Gasteiger partial charge in [0, 0.05) is 32.6 Å². The van der Waals surface area contributed by atoms with Crippen molar-refractivity contribution in [3.8, 4) is 0 Å². The quantitative estimate of drug-likeness (QED) is 0.776. The summed E-state index contributed by atoms with van der Waals surface area (Å²) >= 11 is 0. The zero-order valence-electron chi connectivity index (χ0n) is 12.1. The monoisotopic (exact) mass is 316 g/mol. The third-order valence-electron chi connectivity index (χ3n) is 3.74. The van der Waals surface area contributed by atoms with Crippen LogP contribution in [0.2, 0.25) is 0 Å². The number of H-pyrrole nitrogens is 1. The lowest BCUT2D eigenvalue weighted by Gasteiger charge is -2.35. The molecule has 1 unspecified atom stereocenters. The number of piperazine rings is 1. The van der Waals surface area contributed by atoms with Crippen molar-refractivity contribution in [3.63, 3.8) is 0 Å². The largest absolute Gasteiger partial charge is 0.480 e. The number of aliphatic carboxylic acids is 1. The van der Waals surface area contributed by atoms with Crippen LogP contribution in [0, 0.1) is 0 Å². The predicted octanol–water partition coefficient (Wildman–Crippen LogP) is -0.248. The number of hydrogen-bond acceptors (Lipinski definition) is 5. The summed E-state index contributed by atoms with van der Waals surface area (Å²) in [5, 5.41) is 9.08. The summed E-state index contributed by atoms with van der Waals surface area (Å²) in [6.45, 7) is 4.86. The Kier molecular flexibility index (Phi) is 4.64. The summed E-state index contributed by atoms with van der Waals surface area (Å²) in [6, 6.07) is -0.603. The summed E-state index contributed by atoms with van der Waals surface area (Å²) in [5.74, 6) is -0.265. The molecule has 1 fully saturated rings. The minimum Gasteiger partial charge on any atom is -0.480 e. The van der Waals surface area contributed by atoms with Crippen molar-refractivity contribution >= 4 is 16.0 Å². The first-order valence-electron chi connectivity index (χ1n) is 6.87. The maximum Gasteiger partial charge on any atom is 0.320 e. The van der Waals surface area contributed by atoms with Crippen molar-refractivity contribution in [2.75, 3.05) is 26.2 Å². The molecule has 1 aliphatic rings. The fraction of sp³-hybridized carbons (Fsp3) is 0.667. The number of hydrogen-bond donors (Lipinski definition) is 2. The number of imidazole rings is 1. The van der Waals surface area contributed by atoms with Gasteiger partial charge in [0.15, 0.2) is 5.03 Å². The second-order valence-electron chi connectivity index (χ2n) is 5.00. The van der Waals surface area contributed by atoms with Crippen molar-refractivity contribution in [2.24, 2.45) is 0 Å². The molecule has 2 rings (SSSR count). The van der Waals surface area contributed by atoms with Gasteiger partial charge in [0.2, 0.25) is 0 Å². The summed E-state index contributed by atoms with van der Waals surface area (Å²) in [4.78, 5) is 19.5. The first kappa shape index (κ1) is 15.9. The van der Waals surface area contributed by atoms with E-state index in [-0.39, 0.29) is 18.1 Å². The number of carbonyl (C=O) groups is 1. The molecule has 118 valence electrons. The van der Waals surface area contributed by atoms with E-state index >= 15 is 0 Å². The van der Waals surface area contributed by atoms with E-state index in [0.29, 0.717) is 25.3 Å². The number of rotatable bonds is 5. The van der Waals surface area contributed by atoms with Gasteiger partial charge in [-0.05, 0) is 6.92 Å². The number of nitrogens with one attached hydrogen (secondary N) is 1. The van der Waals surface area contributed by atoms with Crippen LogP contribution in [0.25, 0.3) is 0 Å². The maximum atomic E-state index is 12.4. The molecule has 1 saturated heterocycles. The fourth-order valence-electron chi connectivity index (χ4n) is 2.28. The van der Waals surface area contributed by atoms with E-state index < -0.39 is 22.0 Å². The first-order chi connectivity index (χ1) is 9.86. The van der Waals surface area contributed by atoms with E-state index in [2.05, 4.69) is 9.97 Å². The maximum absolute atomic E-state index is 12.4. The van der Waals surface area contributed by atoms with E-state index in [0.717, 1.165) is 0 Å². The minimum absolute atomic E-state index is 0.0964. The molecule has 2 heterocycles. The molecule has 1 aromatic rings. The van der Waals surface area contributed by atoms with E-state index in [1.54, 1.807) is 11.8 Å². The number of aromatic nitrogens is 2. The lowest BCUT2D eigenvalue weighted by Crippen LogP contribution is -2.53. The van der Waals surface area contributed by atoms with Gasteiger partial charge in [-0.2, -0.15) is 4.31 Å². The van der Waals surface area contributed by atoms with Crippen LogP contribution < -0.4 is 0 Å². The number of aromatic amines is 1. The summed E-state index contributed by atoms with van der Waals surface area (Å²) in [7, 11) is -3.58. The van der Waals surface area contributed by atoms with Crippen molar-refractivity contribution < 1.29 is 18.3 Å². The van der Waals surface area contributed by atoms with Crippen molar-refractivity contribution in [1.82, 2.24) is 19.2 Å². The summed E-state index contributed by atoms with van der Waals surface area (Å²) < 4.78 is 26.3. The van der Waals surface area contributed by atoms with Gasteiger partial charge in [0.25, 0.3) is 10.0 Å². The molecule has 0 spiro atoms.